The summed E-state index contributed by atoms with van der Waals surface area (Å²) in [6.45, 7) is 9.46. The summed E-state index contributed by atoms with van der Waals surface area (Å²) in [4.78, 5) is 14.2. The van der Waals surface area contributed by atoms with Crippen molar-refractivity contribution < 1.29 is 14.3 Å². The van der Waals surface area contributed by atoms with E-state index < -0.39 is 0 Å². The highest BCUT2D eigenvalue weighted by Gasteiger charge is 2.32. The Morgan fingerprint density at radius 3 is 2.68 bits per heavy atom. The summed E-state index contributed by atoms with van der Waals surface area (Å²) in [6.07, 6.45) is 1.65. The SMILES string of the molecule is CC(=O)Oc1c(C)c(C)c2c(c1CN=[N+]=[N-])CCC(C)(C)O2. The van der Waals surface area contributed by atoms with Crippen LogP contribution in [-0.4, -0.2) is 11.6 Å². The highest BCUT2D eigenvalue weighted by atomic mass is 16.5. The van der Waals surface area contributed by atoms with E-state index in [1.54, 1.807) is 0 Å². The Morgan fingerprint density at radius 2 is 2.09 bits per heavy atom. The highest BCUT2D eigenvalue weighted by molar-refractivity contribution is 5.72. The molecule has 118 valence electrons. The maximum Gasteiger partial charge on any atom is 0.308 e. The molecule has 2 rings (SSSR count). The van der Waals surface area contributed by atoms with Gasteiger partial charge in [0.15, 0.2) is 0 Å². The predicted molar refractivity (Wildman–Crippen MR) is 83.1 cm³/mol. The van der Waals surface area contributed by atoms with Crippen LogP contribution in [-0.2, 0) is 17.8 Å². The fourth-order valence-corrected chi connectivity index (χ4v) is 2.77. The van der Waals surface area contributed by atoms with Crippen LogP contribution in [0.15, 0.2) is 5.11 Å². The predicted octanol–water partition coefficient (Wildman–Crippen LogP) is 4.14. The first-order valence-electron chi connectivity index (χ1n) is 7.30. The molecule has 1 heterocycles. The third kappa shape index (κ3) is 3.02. The standard InChI is InChI=1S/C16H21N3O3/c1-9-10(2)15-12(6-7-16(4,5)22-15)13(8-18-19-17)14(9)21-11(3)20/h6-8H2,1-5H3. The van der Waals surface area contributed by atoms with Crippen molar-refractivity contribution in [3.05, 3.63) is 32.7 Å². The topological polar surface area (TPSA) is 84.3 Å². The number of carbonyl (C=O) groups excluding carboxylic acids is 1. The molecule has 0 radical (unpaired) electrons. The lowest BCUT2D eigenvalue weighted by molar-refractivity contribution is -0.132. The third-order valence-corrected chi connectivity index (χ3v) is 4.05. The van der Waals surface area contributed by atoms with Gasteiger partial charge in [0.1, 0.15) is 17.1 Å². The number of carbonyl (C=O) groups is 1. The lowest BCUT2D eigenvalue weighted by Crippen LogP contribution is -2.33. The molecule has 1 aliphatic heterocycles. The van der Waals surface area contributed by atoms with Gasteiger partial charge in [0.25, 0.3) is 0 Å². The van der Waals surface area contributed by atoms with Crippen LogP contribution in [0.25, 0.3) is 10.4 Å². The van der Waals surface area contributed by atoms with E-state index in [-0.39, 0.29) is 18.1 Å². The summed E-state index contributed by atoms with van der Waals surface area (Å²) >= 11 is 0. The molecular weight excluding hydrogens is 282 g/mol. The second kappa shape index (κ2) is 5.89. The van der Waals surface area contributed by atoms with E-state index in [0.29, 0.717) is 5.75 Å². The van der Waals surface area contributed by atoms with E-state index in [2.05, 4.69) is 23.9 Å². The monoisotopic (exact) mass is 303 g/mol. The molecule has 0 spiro atoms. The highest BCUT2D eigenvalue weighted by Crippen LogP contribution is 2.44. The van der Waals surface area contributed by atoms with E-state index in [9.17, 15) is 4.79 Å². The molecule has 1 aliphatic rings. The van der Waals surface area contributed by atoms with E-state index in [1.165, 1.54) is 6.92 Å². The quantitative estimate of drug-likeness (QED) is 0.276. The summed E-state index contributed by atoms with van der Waals surface area (Å²) in [7, 11) is 0. The largest absolute Gasteiger partial charge is 0.487 e. The average Bonchev–Trinajstić information content (AvgIpc) is 2.43. The third-order valence-electron chi connectivity index (χ3n) is 4.05. The van der Waals surface area contributed by atoms with Gasteiger partial charge in [0.2, 0.25) is 0 Å². The molecule has 6 heteroatoms. The van der Waals surface area contributed by atoms with Crippen LogP contribution in [0, 0.1) is 13.8 Å². The number of nitrogens with zero attached hydrogens (tertiary/aromatic N) is 3. The molecule has 1 aromatic rings. The first-order valence-corrected chi connectivity index (χ1v) is 7.30. The van der Waals surface area contributed by atoms with Crippen molar-refractivity contribution in [1.29, 1.82) is 0 Å². The number of hydrogen-bond donors (Lipinski definition) is 0. The second-order valence-corrected chi connectivity index (χ2v) is 6.21. The fourth-order valence-electron chi connectivity index (χ4n) is 2.77. The lowest BCUT2D eigenvalue weighted by Gasteiger charge is -2.35. The van der Waals surface area contributed by atoms with Gasteiger partial charge in [-0.05, 0) is 57.2 Å². The molecular formula is C16H21N3O3. The van der Waals surface area contributed by atoms with Crippen LogP contribution in [0.5, 0.6) is 11.5 Å². The van der Waals surface area contributed by atoms with Gasteiger partial charge in [-0.1, -0.05) is 5.11 Å². The van der Waals surface area contributed by atoms with Crippen LogP contribution in [0.1, 0.15) is 49.4 Å². The van der Waals surface area contributed by atoms with Gasteiger partial charge in [-0.15, -0.1) is 0 Å². The Bertz CT molecular complexity index is 674. The maximum absolute atomic E-state index is 11.4. The number of rotatable bonds is 3. The Hall–Kier alpha value is -2.20. The zero-order valence-electron chi connectivity index (χ0n) is 13.7. The molecule has 0 saturated heterocycles. The lowest BCUT2D eigenvalue weighted by atomic mass is 9.87. The average molecular weight is 303 g/mol. The van der Waals surface area contributed by atoms with E-state index in [0.717, 1.165) is 40.8 Å². The van der Waals surface area contributed by atoms with Crippen LogP contribution >= 0.6 is 0 Å². The van der Waals surface area contributed by atoms with Gasteiger partial charge in [-0.2, -0.15) is 0 Å². The Labute approximate surface area is 130 Å². The van der Waals surface area contributed by atoms with Gasteiger partial charge in [-0.25, -0.2) is 0 Å². The molecule has 1 aromatic carbocycles. The first kappa shape index (κ1) is 16.2. The molecule has 0 amide bonds. The molecule has 0 bridgehead atoms. The summed E-state index contributed by atoms with van der Waals surface area (Å²) in [5.41, 5.74) is 11.9. The first-order chi connectivity index (χ1) is 10.3. The summed E-state index contributed by atoms with van der Waals surface area (Å²) in [6, 6.07) is 0. The summed E-state index contributed by atoms with van der Waals surface area (Å²) in [5.74, 6) is 0.939. The van der Waals surface area contributed by atoms with Crippen LogP contribution in [0.4, 0.5) is 0 Å². The smallest absolute Gasteiger partial charge is 0.308 e. The zero-order chi connectivity index (χ0) is 16.5. The second-order valence-electron chi connectivity index (χ2n) is 6.21. The van der Waals surface area contributed by atoms with Crippen molar-refractivity contribution in [2.75, 3.05) is 0 Å². The van der Waals surface area contributed by atoms with Crippen molar-refractivity contribution in [2.24, 2.45) is 5.11 Å². The van der Waals surface area contributed by atoms with Crippen LogP contribution < -0.4 is 9.47 Å². The molecule has 0 unspecified atom stereocenters. The Morgan fingerprint density at radius 1 is 1.41 bits per heavy atom. The van der Waals surface area contributed by atoms with E-state index in [4.69, 9.17) is 15.0 Å². The van der Waals surface area contributed by atoms with Crippen molar-refractivity contribution in [3.63, 3.8) is 0 Å². The van der Waals surface area contributed by atoms with Gasteiger partial charge in [-0.3, -0.25) is 4.79 Å². The molecule has 0 aromatic heterocycles. The van der Waals surface area contributed by atoms with E-state index in [1.807, 2.05) is 13.8 Å². The van der Waals surface area contributed by atoms with Gasteiger partial charge in [0.05, 0.1) is 6.54 Å². The van der Waals surface area contributed by atoms with Crippen molar-refractivity contribution >= 4 is 5.97 Å². The number of fused-ring (bicyclic) bond motifs is 1. The number of esters is 1. The number of azide groups is 1. The van der Waals surface area contributed by atoms with E-state index >= 15 is 0 Å². The molecule has 0 N–H and O–H groups in total. The number of benzene rings is 1. The Kier molecular flexibility index (Phi) is 4.33. The van der Waals surface area contributed by atoms with Crippen molar-refractivity contribution in [2.45, 2.75) is 59.6 Å². The normalized spacial score (nSPS) is 15.3. The summed E-state index contributed by atoms with van der Waals surface area (Å²) < 4.78 is 11.5. The molecule has 0 atom stereocenters. The minimum absolute atomic E-state index is 0.145. The molecule has 0 fully saturated rings. The summed E-state index contributed by atoms with van der Waals surface area (Å²) in [5, 5.41) is 3.66. The number of ether oxygens (including phenoxy) is 2. The minimum Gasteiger partial charge on any atom is -0.487 e. The minimum atomic E-state index is -0.387. The van der Waals surface area contributed by atoms with Crippen LogP contribution in [0.3, 0.4) is 0 Å². The molecule has 0 aliphatic carbocycles. The van der Waals surface area contributed by atoms with Gasteiger partial charge < -0.3 is 9.47 Å². The molecule has 22 heavy (non-hydrogen) atoms. The Balaban J connectivity index is 2.68. The van der Waals surface area contributed by atoms with Gasteiger partial charge in [0, 0.05) is 23.0 Å². The fraction of sp³-hybridized carbons (Fsp3) is 0.562. The van der Waals surface area contributed by atoms with Crippen molar-refractivity contribution in [1.82, 2.24) is 0 Å². The number of hydrogen-bond acceptors (Lipinski definition) is 4. The molecule has 6 nitrogen and oxygen atoms in total. The molecule has 0 saturated carbocycles. The van der Waals surface area contributed by atoms with Crippen LogP contribution in [0.2, 0.25) is 0 Å². The van der Waals surface area contributed by atoms with Gasteiger partial charge >= 0.3 is 5.97 Å². The van der Waals surface area contributed by atoms with Crippen molar-refractivity contribution in [3.8, 4) is 11.5 Å². The maximum atomic E-state index is 11.4. The zero-order valence-corrected chi connectivity index (χ0v) is 13.7.